The van der Waals surface area contributed by atoms with Crippen LogP contribution in [0.15, 0.2) is 0 Å². The standard InChI is InChI=1S/C12H22O4.K.H/c1-4-5-6-7-8-12(9(2)3,10(13)14)11(15)16;;/h9H,4-8H2,1-3H3,(H,13,14)(H,15,16);;. The molecule has 0 aromatic rings. The molecule has 0 amide bonds. The molecule has 0 aliphatic rings. The van der Waals surface area contributed by atoms with Gasteiger partial charge in [0.15, 0.2) is 5.41 Å². The molecule has 0 heterocycles. The van der Waals surface area contributed by atoms with Crippen molar-refractivity contribution in [3.8, 4) is 0 Å². The predicted octanol–water partition coefficient (Wildman–Crippen LogP) is 2.12. The molecular formula is C12H23KO4. The molecule has 0 aliphatic carbocycles. The molecule has 0 aromatic heterocycles. The Bertz CT molecular complexity index is 237. The van der Waals surface area contributed by atoms with Gasteiger partial charge in [0.2, 0.25) is 0 Å². The topological polar surface area (TPSA) is 74.6 Å². The van der Waals surface area contributed by atoms with Crippen molar-refractivity contribution in [2.24, 2.45) is 11.3 Å². The molecule has 17 heavy (non-hydrogen) atoms. The summed E-state index contributed by atoms with van der Waals surface area (Å²) in [6.45, 7) is 5.37. The van der Waals surface area contributed by atoms with Gasteiger partial charge in [0.05, 0.1) is 0 Å². The van der Waals surface area contributed by atoms with E-state index in [-0.39, 0.29) is 57.8 Å². The van der Waals surface area contributed by atoms with Crippen molar-refractivity contribution in [2.75, 3.05) is 0 Å². The Hall–Kier alpha value is 0.576. The summed E-state index contributed by atoms with van der Waals surface area (Å²) >= 11 is 0. The fourth-order valence-corrected chi connectivity index (χ4v) is 1.92. The van der Waals surface area contributed by atoms with E-state index in [1.807, 2.05) is 0 Å². The van der Waals surface area contributed by atoms with E-state index in [1.165, 1.54) is 0 Å². The second-order valence-corrected chi connectivity index (χ2v) is 4.55. The Morgan fingerprint density at radius 2 is 1.53 bits per heavy atom. The number of carboxylic acid groups (broad SMARTS) is 2. The van der Waals surface area contributed by atoms with E-state index in [1.54, 1.807) is 13.8 Å². The average Bonchev–Trinajstić information content (AvgIpc) is 2.16. The van der Waals surface area contributed by atoms with Crippen LogP contribution in [0.1, 0.15) is 52.9 Å². The quantitative estimate of drug-likeness (QED) is 0.402. The molecule has 0 radical (unpaired) electrons. The molecule has 0 saturated carbocycles. The first-order chi connectivity index (χ1) is 7.39. The number of hydrogen-bond acceptors (Lipinski definition) is 2. The van der Waals surface area contributed by atoms with Gasteiger partial charge in [0.1, 0.15) is 0 Å². The maximum atomic E-state index is 11.2. The molecule has 4 nitrogen and oxygen atoms in total. The molecule has 0 atom stereocenters. The molecule has 0 bridgehead atoms. The second kappa shape index (κ2) is 9.50. The Morgan fingerprint density at radius 1 is 1.06 bits per heavy atom. The predicted molar refractivity (Wildman–Crippen MR) is 68.5 cm³/mol. The van der Waals surface area contributed by atoms with Crippen LogP contribution in [0, 0.1) is 11.3 Å². The zero-order valence-corrected chi connectivity index (χ0v) is 10.3. The Balaban J connectivity index is 0. The van der Waals surface area contributed by atoms with Gasteiger partial charge >= 0.3 is 63.3 Å². The second-order valence-electron chi connectivity index (χ2n) is 4.55. The summed E-state index contributed by atoms with van der Waals surface area (Å²) in [5.74, 6) is -2.83. The minimum atomic E-state index is -1.62. The first-order valence-electron chi connectivity index (χ1n) is 5.86. The fraction of sp³-hybridized carbons (Fsp3) is 0.833. The Morgan fingerprint density at radius 3 is 1.82 bits per heavy atom. The minimum absolute atomic E-state index is 0. The number of unbranched alkanes of at least 4 members (excludes halogenated alkanes) is 3. The van der Waals surface area contributed by atoms with Crippen LogP contribution in [0.5, 0.6) is 0 Å². The number of rotatable bonds is 8. The first kappa shape index (κ1) is 19.9. The summed E-state index contributed by atoms with van der Waals surface area (Å²) in [7, 11) is 0. The van der Waals surface area contributed by atoms with Crippen molar-refractivity contribution in [1.82, 2.24) is 0 Å². The third-order valence-electron chi connectivity index (χ3n) is 3.17. The molecule has 0 saturated heterocycles. The Labute approximate surface area is 146 Å². The van der Waals surface area contributed by atoms with Crippen molar-refractivity contribution in [1.29, 1.82) is 0 Å². The van der Waals surface area contributed by atoms with Crippen molar-refractivity contribution in [3.05, 3.63) is 0 Å². The molecule has 5 heteroatoms. The van der Waals surface area contributed by atoms with E-state index in [0.717, 1.165) is 19.3 Å². The van der Waals surface area contributed by atoms with Gasteiger partial charge in [0, 0.05) is 0 Å². The molecule has 0 aliphatic heterocycles. The maximum absolute atomic E-state index is 11.2. The SMILES string of the molecule is CCCCCCC(C(=O)O)(C(=O)O)C(C)C.[KH]. The third kappa shape index (κ3) is 5.38. The van der Waals surface area contributed by atoms with Gasteiger partial charge in [0.25, 0.3) is 0 Å². The molecule has 2 N–H and O–H groups in total. The van der Waals surface area contributed by atoms with Crippen LogP contribution < -0.4 is 0 Å². The van der Waals surface area contributed by atoms with Gasteiger partial charge in [-0.2, -0.15) is 0 Å². The molecular weight excluding hydrogens is 247 g/mol. The molecule has 0 aromatic carbocycles. The molecule has 0 fully saturated rings. The van der Waals surface area contributed by atoms with E-state index in [4.69, 9.17) is 10.2 Å². The van der Waals surface area contributed by atoms with E-state index >= 15 is 0 Å². The van der Waals surface area contributed by atoms with Gasteiger partial charge in [-0.05, 0) is 12.3 Å². The van der Waals surface area contributed by atoms with Crippen LogP contribution in [-0.4, -0.2) is 73.5 Å². The van der Waals surface area contributed by atoms with Gasteiger partial charge in [-0.3, -0.25) is 9.59 Å². The number of carboxylic acids is 2. The number of aliphatic carboxylic acids is 2. The van der Waals surface area contributed by atoms with E-state index in [9.17, 15) is 9.59 Å². The average molecular weight is 270 g/mol. The van der Waals surface area contributed by atoms with E-state index < -0.39 is 23.3 Å². The normalized spacial score (nSPS) is 11.1. The van der Waals surface area contributed by atoms with E-state index in [0.29, 0.717) is 6.42 Å². The van der Waals surface area contributed by atoms with Crippen molar-refractivity contribution >= 4 is 63.3 Å². The summed E-state index contributed by atoms with van der Waals surface area (Å²) in [4.78, 5) is 22.4. The summed E-state index contributed by atoms with van der Waals surface area (Å²) in [5, 5.41) is 18.3. The summed E-state index contributed by atoms with van der Waals surface area (Å²) in [6.07, 6.45) is 3.84. The summed E-state index contributed by atoms with van der Waals surface area (Å²) in [6, 6.07) is 0. The summed E-state index contributed by atoms with van der Waals surface area (Å²) in [5.41, 5.74) is -1.62. The van der Waals surface area contributed by atoms with Crippen LogP contribution in [0.25, 0.3) is 0 Å². The third-order valence-corrected chi connectivity index (χ3v) is 3.17. The van der Waals surface area contributed by atoms with Gasteiger partial charge < -0.3 is 10.2 Å². The van der Waals surface area contributed by atoms with Crippen molar-refractivity contribution < 1.29 is 19.8 Å². The van der Waals surface area contributed by atoms with Crippen molar-refractivity contribution in [3.63, 3.8) is 0 Å². The number of carbonyl (C=O) groups is 2. The molecule has 0 spiro atoms. The summed E-state index contributed by atoms with van der Waals surface area (Å²) < 4.78 is 0. The molecule has 0 rings (SSSR count). The van der Waals surface area contributed by atoms with Crippen LogP contribution in [-0.2, 0) is 9.59 Å². The van der Waals surface area contributed by atoms with Gasteiger partial charge in [-0.25, -0.2) is 0 Å². The van der Waals surface area contributed by atoms with Crippen molar-refractivity contribution in [2.45, 2.75) is 52.9 Å². The molecule has 96 valence electrons. The fourth-order valence-electron chi connectivity index (χ4n) is 1.92. The van der Waals surface area contributed by atoms with Gasteiger partial charge in [-0.15, -0.1) is 0 Å². The van der Waals surface area contributed by atoms with Gasteiger partial charge in [-0.1, -0.05) is 46.5 Å². The van der Waals surface area contributed by atoms with Crippen LogP contribution >= 0.6 is 0 Å². The van der Waals surface area contributed by atoms with Crippen LogP contribution in [0.4, 0.5) is 0 Å². The Kier molecular flexibility index (Phi) is 11.1. The van der Waals surface area contributed by atoms with Crippen LogP contribution in [0.2, 0.25) is 0 Å². The molecule has 0 unspecified atom stereocenters. The number of hydrogen-bond donors (Lipinski definition) is 2. The van der Waals surface area contributed by atoms with E-state index in [2.05, 4.69) is 6.92 Å². The van der Waals surface area contributed by atoms with Crippen LogP contribution in [0.3, 0.4) is 0 Å². The zero-order chi connectivity index (χ0) is 12.8. The monoisotopic (exact) mass is 270 g/mol. The zero-order valence-electron chi connectivity index (χ0n) is 10.3. The first-order valence-corrected chi connectivity index (χ1v) is 5.86.